The normalized spacial score (nSPS) is 21.2. The van der Waals surface area contributed by atoms with E-state index in [-0.39, 0.29) is 12.7 Å². The fraction of sp³-hybridized carbons (Fsp3) is 0.308. The van der Waals surface area contributed by atoms with E-state index in [0.29, 0.717) is 12.2 Å². The van der Waals surface area contributed by atoms with E-state index in [1.165, 1.54) is 0 Å². The van der Waals surface area contributed by atoms with Crippen molar-refractivity contribution in [2.24, 2.45) is 5.92 Å². The lowest BCUT2D eigenvalue weighted by Crippen LogP contribution is -2.06. The maximum absolute atomic E-state index is 8.56. The number of hydrogen-bond donors (Lipinski definition) is 0. The number of rotatable bonds is 3. The topological polar surface area (TPSA) is 42.2 Å². The Hall–Kier alpha value is -1.79. The lowest BCUT2D eigenvalue weighted by molar-refractivity contribution is -0.00740. The number of ether oxygens (including phenoxy) is 2. The van der Waals surface area contributed by atoms with E-state index in [1.807, 2.05) is 24.3 Å². The zero-order valence-corrected chi connectivity index (χ0v) is 9.35. The van der Waals surface area contributed by atoms with Gasteiger partial charge in [-0.3, -0.25) is 0 Å². The van der Waals surface area contributed by atoms with Crippen molar-refractivity contribution >= 4 is 0 Å². The molecule has 0 N–H and O–H groups in total. The molecule has 0 spiro atoms. The molecule has 0 aromatic carbocycles. The summed E-state index contributed by atoms with van der Waals surface area (Å²) in [5.74, 6) is 0.134. The van der Waals surface area contributed by atoms with Crippen LogP contribution >= 0.6 is 0 Å². The Labute approximate surface area is 96.0 Å². The van der Waals surface area contributed by atoms with Crippen molar-refractivity contribution < 1.29 is 9.47 Å². The first-order chi connectivity index (χ1) is 7.74. The van der Waals surface area contributed by atoms with Gasteiger partial charge in [0.25, 0.3) is 0 Å². The number of hydrogen-bond acceptors (Lipinski definition) is 3. The van der Waals surface area contributed by atoms with E-state index in [4.69, 9.17) is 14.7 Å². The molecule has 0 fully saturated rings. The smallest absolute Gasteiger partial charge is 0.188 e. The highest BCUT2D eigenvalue weighted by Crippen LogP contribution is 2.15. The van der Waals surface area contributed by atoms with E-state index in [1.54, 1.807) is 19.3 Å². The first-order valence-corrected chi connectivity index (χ1v) is 5.04. The quantitative estimate of drug-likeness (QED) is 0.539. The molecule has 1 unspecified atom stereocenters. The molecule has 0 aliphatic carbocycles. The molecule has 3 nitrogen and oxygen atoms in total. The molecule has 1 aliphatic rings. The van der Waals surface area contributed by atoms with Gasteiger partial charge in [0, 0.05) is 11.5 Å². The molecule has 3 heteroatoms. The molecule has 0 bridgehead atoms. The fourth-order valence-electron chi connectivity index (χ4n) is 1.18. The summed E-state index contributed by atoms with van der Waals surface area (Å²) in [5, 5.41) is 8.56. The molecular weight excluding hydrogens is 202 g/mol. The van der Waals surface area contributed by atoms with Gasteiger partial charge in [0.2, 0.25) is 0 Å². The van der Waals surface area contributed by atoms with E-state index in [0.717, 1.165) is 5.57 Å². The standard InChI is InChI=1S/C13H15NO2/c1-11(8-14)4-3-5-12(2)13-6-7-15-10-16-9-13/h3-7,13H,2,9-10H2,1H3/b5-3-,11-4+. The second kappa shape index (κ2) is 6.65. The third-order valence-electron chi connectivity index (χ3n) is 2.17. The van der Waals surface area contributed by atoms with Gasteiger partial charge in [0.1, 0.15) is 0 Å². The van der Waals surface area contributed by atoms with Crippen LogP contribution in [0.3, 0.4) is 0 Å². The van der Waals surface area contributed by atoms with Gasteiger partial charge in [0.15, 0.2) is 6.79 Å². The van der Waals surface area contributed by atoms with Crippen molar-refractivity contribution in [2.75, 3.05) is 13.4 Å². The van der Waals surface area contributed by atoms with Gasteiger partial charge in [-0.15, -0.1) is 0 Å². The third kappa shape index (κ3) is 4.16. The summed E-state index contributed by atoms with van der Waals surface area (Å²) in [6, 6.07) is 2.05. The van der Waals surface area contributed by atoms with Crippen LogP contribution in [0, 0.1) is 17.2 Å². The second-order valence-electron chi connectivity index (χ2n) is 3.49. The second-order valence-corrected chi connectivity index (χ2v) is 3.49. The summed E-state index contributed by atoms with van der Waals surface area (Å²) >= 11 is 0. The molecule has 0 aromatic heterocycles. The molecular formula is C13H15NO2. The SMILES string of the molecule is C=C(/C=C\C=C(/C)C#N)C1C=COCOC1. The van der Waals surface area contributed by atoms with E-state index in [9.17, 15) is 0 Å². The first-order valence-electron chi connectivity index (χ1n) is 5.04. The van der Waals surface area contributed by atoms with Gasteiger partial charge in [-0.1, -0.05) is 18.7 Å². The van der Waals surface area contributed by atoms with Crippen LogP contribution in [0.2, 0.25) is 0 Å². The molecule has 1 heterocycles. The van der Waals surface area contributed by atoms with E-state index in [2.05, 4.69) is 6.58 Å². The average Bonchev–Trinajstić information content (AvgIpc) is 2.57. The van der Waals surface area contributed by atoms with Crippen molar-refractivity contribution in [3.05, 3.63) is 48.3 Å². The van der Waals surface area contributed by atoms with Gasteiger partial charge in [0.05, 0.1) is 18.9 Å². The summed E-state index contributed by atoms with van der Waals surface area (Å²) in [6.45, 7) is 6.58. The minimum Gasteiger partial charge on any atom is -0.475 e. The molecule has 84 valence electrons. The molecule has 1 rings (SSSR count). The zero-order chi connectivity index (χ0) is 11.8. The average molecular weight is 217 g/mol. The van der Waals surface area contributed by atoms with Crippen LogP contribution in [0.15, 0.2) is 48.3 Å². The summed E-state index contributed by atoms with van der Waals surface area (Å²) < 4.78 is 10.2. The molecule has 0 radical (unpaired) electrons. The molecule has 0 aromatic rings. The number of allylic oxidation sites excluding steroid dienone is 4. The lowest BCUT2D eigenvalue weighted by atomic mass is 10.0. The van der Waals surface area contributed by atoms with Gasteiger partial charge < -0.3 is 9.47 Å². The van der Waals surface area contributed by atoms with E-state index >= 15 is 0 Å². The minimum absolute atomic E-state index is 0.134. The summed E-state index contributed by atoms with van der Waals surface area (Å²) in [5.41, 5.74) is 1.60. The van der Waals surface area contributed by atoms with Crippen molar-refractivity contribution in [1.29, 1.82) is 5.26 Å². The third-order valence-corrected chi connectivity index (χ3v) is 2.17. The number of nitrogens with zero attached hydrogens (tertiary/aromatic N) is 1. The summed E-state index contributed by atoms with van der Waals surface area (Å²) in [6.07, 6.45) is 9.00. The first kappa shape index (κ1) is 12.3. The highest BCUT2D eigenvalue weighted by atomic mass is 16.7. The Morgan fingerprint density at radius 2 is 2.44 bits per heavy atom. The van der Waals surface area contributed by atoms with Gasteiger partial charge in [-0.25, -0.2) is 0 Å². The van der Waals surface area contributed by atoms with Crippen LogP contribution in [0.1, 0.15) is 6.92 Å². The van der Waals surface area contributed by atoms with Crippen molar-refractivity contribution in [3.63, 3.8) is 0 Å². The van der Waals surface area contributed by atoms with Gasteiger partial charge in [-0.2, -0.15) is 5.26 Å². The zero-order valence-electron chi connectivity index (χ0n) is 9.35. The largest absolute Gasteiger partial charge is 0.475 e. The molecule has 1 aliphatic heterocycles. The maximum Gasteiger partial charge on any atom is 0.188 e. The van der Waals surface area contributed by atoms with E-state index < -0.39 is 0 Å². The lowest BCUT2D eigenvalue weighted by Gasteiger charge is -2.09. The fourth-order valence-corrected chi connectivity index (χ4v) is 1.18. The molecule has 1 atom stereocenters. The van der Waals surface area contributed by atoms with Crippen molar-refractivity contribution in [3.8, 4) is 6.07 Å². The van der Waals surface area contributed by atoms with Crippen molar-refractivity contribution in [2.45, 2.75) is 6.92 Å². The molecule has 0 saturated carbocycles. The Bertz CT molecular complexity index is 372. The van der Waals surface area contributed by atoms with Crippen LogP contribution in [0.5, 0.6) is 0 Å². The van der Waals surface area contributed by atoms with Crippen LogP contribution in [0.4, 0.5) is 0 Å². The summed E-state index contributed by atoms with van der Waals surface area (Å²) in [7, 11) is 0. The minimum atomic E-state index is 0.134. The monoisotopic (exact) mass is 217 g/mol. The van der Waals surface area contributed by atoms with Crippen LogP contribution in [-0.4, -0.2) is 13.4 Å². The Balaban J connectivity index is 2.55. The highest BCUT2D eigenvalue weighted by molar-refractivity contribution is 5.29. The predicted molar refractivity (Wildman–Crippen MR) is 62.2 cm³/mol. The van der Waals surface area contributed by atoms with Crippen molar-refractivity contribution in [1.82, 2.24) is 0 Å². The Morgan fingerprint density at radius 1 is 1.62 bits per heavy atom. The molecule has 0 amide bonds. The number of nitriles is 1. The highest BCUT2D eigenvalue weighted by Gasteiger charge is 2.09. The van der Waals surface area contributed by atoms with Crippen LogP contribution in [0.25, 0.3) is 0 Å². The van der Waals surface area contributed by atoms with Crippen LogP contribution < -0.4 is 0 Å². The maximum atomic E-state index is 8.56. The molecule has 16 heavy (non-hydrogen) atoms. The predicted octanol–water partition coefficient (Wildman–Crippen LogP) is 2.70. The Kier molecular flexibility index (Phi) is 5.10. The van der Waals surface area contributed by atoms with Gasteiger partial charge >= 0.3 is 0 Å². The van der Waals surface area contributed by atoms with Crippen LogP contribution in [-0.2, 0) is 9.47 Å². The van der Waals surface area contributed by atoms with Gasteiger partial charge in [-0.05, 0) is 24.6 Å². The summed E-state index contributed by atoms with van der Waals surface area (Å²) in [4.78, 5) is 0. The molecule has 0 saturated heterocycles. The Morgan fingerprint density at radius 3 is 3.19 bits per heavy atom.